The highest BCUT2D eigenvalue weighted by molar-refractivity contribution is 6.02. The molecule has 28 heavy (non-hydrogen) atoms. The van der Waals surface area contributed by atoms with Crippen molar-refractivity contribution < 1.29 is 24.4 Å². The van der Waals surface area contributed by atoms with Gasteiger partial charge in [0.05, 0.1) is 17.1 Å². The third-order valence-corrected chi connectivity index (χ3v) is 4.15. The van der Waals surface area contributed by atoms with Crippen molar-refractivity contribution in [3.8, 4) is 0 Å². The molecule has 0 aliphatic rings. The van der Waals surface area contributed by atoms with Gasteiger partial charge in [-0.3, -0.25) is 14.9 Å². The Balaban J connectivity index is 2.21. The van der Waals surface area contributed by atoms with Crippen LogP contribution in [0.15, 0.2) is 30.3 Å². The van der Waals surface area contributed by atoms with Gasteiger partial charge in [0.15, 0.2) is 6.61 Å². The molecular weight excluding hydrogens is 364 g/mol. The summed E-state index contributed by atoms with van der Waals surface area (Å²) in [7, 11) is 0. The van der Waals surface area contributed by atoms with Crippen molar-refractivity contribution in [3.63, 3.8) is 0 Å². The summed E-state index contributed by atoms with van der Waals surface area (Å²) >= 11 is 0. The fourth-order valence-electron chi connectivity index (χ4n) is 3.06. The van der Waals surface area contributed by atoms with E-state index in [-0.39, 0.29) is 35.9 Å². The first-order valence-corrected chi connectivity index (χ1v) is 8.66. The molecule has 0 aliphatic heterocycles. The molecule has 8 heteroatoms. The number of aryl methyl sites for hydroxylation is 3. The molecule has 0 unspecified atom stereocenters. The van der Waals surface area contributed by atoms with Gasteiger partial charge in [-0.1, -0.05) is 17.7 Å². The van der Waals surface area contributed by atoms with Gasteiger partial charge in [-0.25, -0.2) is 4.79 Å². The lowest BCUT2D eigenvalue weighted by Gasteiger charge is -2.13. The van der Waals surface area contributed by atoms with Crippen molar-refractivity contribution in [2.45, 2.75) is 20.8 Å². The summed E-state index contributed by atoms with van der Waals surface area (Å²) in [5, 5.41) is 22.7. The van der Waals surface area contributed by atoms with Gasteiger partial charge in [0.2, 0.25) is 5.78 Å². The number of nitro groups is 1. The Morgan fingerprint density at radius 2 is 1.79 bits per heavy atom. The highest BCUT2D eigenvalue weighted by Crippen LogP contribution is 2.23. The molecule has 0 bridgehead atoms. The SMILES string of the molecule is Cc1cc(C)c(C(=O)COC(=O)c2cc([N+](=O)[O-])ccc2NCCO)c(C)c1. The van der Waals surface area contributed by atoms with Crippen LogP contribution in [0.4, 0.5) is 11.4 Å². The van der Waals surface area contributed by atoms with Crippen LogP contribution in [-0.2, 0) is 4.74 Å². The van der Waals surface area contributed by atoms with Crippen LogP contribution in [0.3, 0.4) is 0 Å². The molecular formula is C20H22N2O6. The van der Waals surface area contributed by atoms with E-state index in [1.165, 1.54) is 12.1 Å². The minimum absolute atomic E-state index is 0.0761. The monoisotopic (exact) mass is 386 g/mol. The summed E-state index contributed by atoms with van der Waals surface area (Å²) in [6, 6.07) is 7.43. The average Bonchev–Trinajstić information content (AvgIpc) is 2.63. The number of esters is 1. The quantitative estimate of drug-likeness (QED) is 0.310. The smallest absolute Gasteiger partial charge is 0.340 e. The van der Waals surface area contributed by atoms with Crippen molar-refractivity contribution in [2.75, 3.05) is 25.1 Å². The zero-order valence-electron chi connectivity index (χ0n) is 15.9. The molecule has 2 aromatic carbocycles. The molecule has 0 saturated heterocycles. The first-order chi connectivity index (χ1) is 13.2. The molecule has 0 amide bonds. The van der Waals surface area contributed by atoms with Crippen LogP contribution in [-0.4, -0.2) is 41.5 Å². The second-order valence-corrected chi connectivity index (χ2v) is 6.41. The number of benzene rings is 2. The first-order valence-electron chi connectivity index (χ1n) is 8.66. The largest absolute Gasteiger partial charge is 0.454 e. The van der Waals surface area contributed by atoms with Crippen molar-refractivity contribution in [1.82, 2.24) is 0 Å². The molecule has 0 fully saturated rings. The minimum atomic E-state index is -0.861. The van der Waals surface area contributed by atoms with Gasteiger partial charge in [-0.2, -0.15) is 0 Å². The van der Waals surface area contributed by atoms with Crippen LogP contribution in [0.1, 0.15) is 37.4 Å². The number of ketones is 1. The van der Waals surface area contributed by atoms with Crippen LogP contribution in [0.2, 0.25) is 0 Å². The summed E-state index contributed by atoms with van der Waals surface area (Å²) < 4.78 is 5.13. The summed E-state index contributed by atoms with van der Waals surface area (Å²) in [5.74, 6) is -1.21. The molecule has 0 heterocycles. The lowest BCUT2D eigenvalue weighted by atomic mass is 9.97. The van der Waals surface area contributed by atoms with Crippen LogP contribution in [0, 0.1) is 30.9 Å². The van der Waals surface area contributed by atoms with Crippen LogP contribution in [0.25, 0.3) is 0 Å². The van der Waals surface area contributed by atoms with Crippen molar-refractivity contribution in [1.29, 1.82) is 0 Å². The van der Waals surface area contributed by atoms with Gasteiger partial charge in [-0.05, 0) is 38.0 Å². The predicted octanol–water partition coefficient (Wildman–Crippen LogP) is 2.96. The van der Waals surface area contributed by atoms with Crippen molar-refractivity contribution in [3.05, 3.63) is 68.3 Å². The van der Waals surface area contributed by atoms with Gasteiger partial charge in [0, 0.05) is 29.9 Å². The van der Waals surface area contributed by atoms with Crippen LogP contribution in [0.5, 0.6) is 0 Å². The summed E-state index contributed by atoms with van der Waals surface area (Å²) in [6.45, 7) is 5.04. The molecule has 2 N–H and O–H groups in total. The molecule has 8 nitrogen and oxygen atoms in total. The Morgan fingerprint density at radius 1 is 1.14 bits per heavy atom. The molecule has 2 aromatic rings. The number of hydrogen-bond donors (Lipinski definition) is 2. The zero-order valence-corrected chi connectivity index (χ0v) is 15.9. The lowest BCUT2D eigenvalue weighted by Crippen LogP contribution is -2.18. The summed E-state index contributed by atoms with van der Waals surface area (Å²) in [4.78, 5) is 35.4. The van der Waals surface area contributed by atoms with E-state index in [1.807, 2.05) is 32.9 Å². The number of hydrogen-bond acceptors (Lipinski definition) is 7. The van der Waals surface area contributed by atoms with E-state index < -0.39 is 17.5 Å². The van der Waals surface area contributed by atoms with Crippen LogP contribution < -0.4 is 5.32 Å². The van der Waals surface area contributed by atoms with E-state index in [1.54, 1.807) is 0 Å². The lowest BCUT2D eigenvalue weighted by molar-refractivity contribution is -0.384. The molecule has 0 aromatic heterocycles. The molecule has 0 atom stereocenters. The van der Waals surface area contributed by atoms with E-state index in [9.17, 15) is 19.7 Å². The average molecular weight is 386 g/mol. The normalized spacial score (nSPS) is 10.4. The Kier molecular flexibility index (Phi) is 6.84. The van der Waals surface area contributed by atoms with Gasteiger partial charge < -0.3 is 15.2 Å². The number of carbonyl (C=O) groups excluding carboxylic acids is 2. The van der Waals surface area contributed by atoms with Gasteiger partial charge in [0.25, 0.3) is 5.69 Å². The van der Waals surface area contributed by atoms with Gasteiger partial charge >= 0.3 is 5.97 Å². The fourth-order valence-corrected chi connectivity index (χ4v) is 3.06. The number of aliphatic hydroxyl groups excluding tert-OH is 1. The Hall–Kier alpha value is -3.26. The number of ether oxygens (including phenoxy) is 1. The minimum Gasteiger partial charge on any atom is -0.454 e. The fraction of sp³-hybridized carbons (Fsp3) is 0.300. The number of non-ortho nitro benzene ring substituents is 1. The second-order valence-electron chi connectivity index (χ2n) is 6.41. The highest BCUT2D eigenvalue weighted by atomic mass is 16.6. The zero-order chi connectivity index (χ0) is 20.8. The predicted molar refractivity (Wildman–Crippen MR) is 104 cm³/mol. The number of Topliss-reactive ketones (excluding diaryl/α,β-unsaturated/α-hetero) is 1. The molecule has 0 spiro atoms. The number of nitrogens with one attached hydrogen (secondary N) is 1. The Labute approximate surface area is 162 Å². The number of anilines is 1. The molecule has 148 valence electrons. The van der Waals surface area contributed by atoms with Gasteiger partial charge in [-0.15, -0.1) is 0 Å². The second kappa shape index (κ2) is 9.09. The number of nitro benzene ring substituents is 1. The molecule has 0 aliphatic carbocycles. The standard InChI is InChI=1S/C20H22N2O6/c1-12-8-13(2)19(14(3)9-12)18(24)11-28-20(25)16-10-15(22(26)27)4-5-17(16)21-6-7-23/h4-5,8-10,21,23H,6-7,11H2,1-3H3. The highest BCUT2D eigenvalue weighted by Gasteiger charge is 2.20. The van der Waals surface area contributed by atoms with E-state index in [0.29, 0.717) is 5.56 Å². The molecule has 0 radical (unpaired) electrons. The Morgan fingerprint density at radius 3 is 2.36 bits per heavy atom. The first kappa shape index (κ1) is 21.0. The maximum atomic E-state index is 12.5. The number of aliphatic hydroxyl groups is 1. The third kappa shape index (κ3) is 4.92. The van der Waals surface area contributed by atoms with E-state index >= 15 is 0 Å². The van der Waals surface area contributed by atoms with Crippen molar-refractivity contribution >= 4 is 23.1 Å². The Bertz CT molecular complexity index is 900. The van der Waals surface area contributed by atoms with Crippen molar-refractivity contribution in [2.24, 2.45) is 0 Å². The summed E-state index contributed by atoms with van der Waals surface area (Å²) in [6.07, 6.45) is 0. The third-order valence-electron chi connectivity index (χ3n) is 4.15. The molecule has 0 saturated carbocycles. The van der Waals surface area contributed by atoms with Crippen LogP contribution >= 0.6 is 0 Å². The molecule has 2 rings (SSSR count). The van der Waals surface area contributed by atoms with E-state index in [0.717, 1.165) is 22.8 Å². The number of nitrogens with zero attached hydrogens (tertiary/aromatic N) is 1. The maximum absolute atomic E-state index is 12.5. The maximum Gasteiger partial charge on any atom is 0.340 e. The number of rotatable bonds is 8. The number of carbonyl (C=O) groups is 2. The van der Waals surface area contributed by atoms with Gasteiger partial charge in [0.1, 0.15) is 0 Å². The van der Waals surface area contributed by atoms with E-state index in [2.05, 4.69) is 5.32 Å². The summed E-state index contributed by atoms with van der Waals surface area (Å²) in [5.41, 5.74) is 3.03. The van der Waals surface area contributed by atoms with E-state index in [4.69, 9.17) is 9.84 Å². The topological polar surface area (TPSA) is 119 Å².